The van der Waals surface area contributed by atoms with Crippen LogP contribution < -0.4 is 10.2 Å². The summed E-state index contributed by atoms with van der Waals surface area (Å²) < 4.78 is 0. The summed E-state index contributed by atoms with van der Waals surface area (Å²) in [5, 5.41) is 2.37. The molecule has 17 heavy (non-hydrogen) atoms. The van der Waals surface area contributed by atoms with Gasteiger partial charge in [0, 0.05) is 12.2 Å². The van der Waals surface area contributed by atoms with Gasteiger partial charge in [-0.1, -0.05) is 24.6 Å². The van der Waals surface area contributed by atoms with E-state index in [1.807, 2.05) is 39.0 Å². The third-order valence-corrected chi connectivity index (χ3v) is 3.02. The molecular weight excluding hydrogens is 216 g/mol. The Morgan fingerprint density at radius 1 is 1.29 bits per heavy atom. The van der Waals surface area contributed by atoms with E-state index in [0.29, 0.717) is 6.54 Å². The maximum atomic E-state index is 11.8. The number of benzene rings is 1. The summed E-state index contributed by atoms with van der Waals surface area (Å²) in [6.45, 7) is 6.24. The van der Waals surface area contributed by atoms with Crippen LogP contribution in [0, 0.1) is 19.8 Å². The molecule has 0 saturated carbocycles. The summed E-state index contributed by atoms with van der Waals surface area (Å²) in [5.41, 5.74) is 3.07. The lowest BCUT2D eigenvalue weighted by atomic mass is 10.1. The number of anilines is 1. The Kier molecular flexibility index (Phi) is 2.88. The number of carbonyl (C=O) groups excluding carboxylic acids is 2. The molecule has 1 aromatic rings. The fraction of sp³-hybridized carbons (Fsp3) is 0.385. The summed E-state index contributed by atoms with van der Waals surface area (Å²) >= 11 is 0. The van der Waals surface area contributed by atoms with E-state index >= 15 is 0 Å². The van der Waals surface area contributed by atoms with Crippen molar-refractivity contribution in [2.45, 2.75) is 20.8 Å². The Labute approximate surface area is 101 Å². The number of carbonyl (C=O) groups is 2. The molecule has 1 aromatic carbocycles. The van der Waals surface area contributed by atoms with Crippen molar-refractivity contribution in [3.63, 3.8) is 0 Å². The van der Waals surface area contributed by atoms with Gasteiger partial charge < -0.3 is 0 Å². The molecule has 4 heteroatoms. The van der Waals surface area contributed by atoms with Gasteiger partial charge in [-0.2, -0.15) is 0 Å². The Morgan fingerprint density at radius 3 is 2.65 bits per heavy atom. The van der Waals surface area contributed by atoms with Crippen LogP contribution in [-0.2, 0) is 4.79 Å². The second-order valence-electron chi connectivity index (χ2n) is 4.60. The van der Waals surface area contributed by atoms with Gasteiger partial charge in [-0.05, 0) is 25.5 Å². The maximum Gasteiger partial charge on any atom is 0.328 e. The van der Waals surface area contributed by atoms with Crippen LogP contribution in [0.2, 0.25) is 0 Å². The first-order valence-electron chi connectivity index (χ1n) is 5.68. The van der Waals surface area contributed by atoms with Crippen molar-refractivity contribution in [3.8, 4) is 0 Å². The molecule has 1 aliphatic rings. The van der Waals surface area contributed by atoms with Crippen LogP contribution in [0.25, 0.3) is 0 Å². The molecule has 0 bridgehead atoms. The van der Waals surface area contributed by atoms with E-state index < -0.39 is 0 Å². The van der Waals surface area contributed by atoms with Crippen molar-refractivity contribution < 1.29 is 9.59 Å². The minimum absolute atomic E-state index is 0.173. The molecule has 1 unspecified atom stereocenters. The Bertz CT molecular complexity index is 482. The molecule has 2 rings (SSSR count). The van der Waals surface area contributed by atoms with E-state index in [1.54, 1.807) is 4.90 Å². The molecule has 1 aliphatic heterocycles. The molecule has 1 fully saturated rings. The highest BCUT2D eigenvalue weighted by atomic mass is 16.2. The summed E-state index contributed by atoms with van der Waals surface area (Å²) in [4.78, 5) is 24.8. The topological polar surface area (TPSA) is 49.4 Å². The van der Waals surface area contributed by atoms with E-state index in [-0.39, 0.29) is 17.9 Å². The lowest BCUT2D eigenvalue weighted by Gasteiger charge is -2.31. The monoisotopic (exact) mass is 232 g/mol. The summed E-state index contributed by atoms with van der Waals surface area (Å²) in [7, 11) is 0. The van der Waals surface area contributed by atoms with Gasteiger partial charge in [-0.3, -0.25) is 15.0 Å². The average Bonchev–Trinajstić information content (AvgIpc) is 2.24. The van der Waals surface area contributed by atoms with Gasteiger partial charge in [-0.15, -0.1) is 0 Å². The van der Waals surface area contributed by atoms with Crippen molar-refractivity contribution >= 4 is 17.6 Å². The number of amides is 3. The third kappa shape index (κ3) is 2.16. The van der Waals surface area contributed by atoms with Crippen LogP contribution in [0.3, 0.4) is 0 Å². The summed E-state index contributed by atoms with van der Waals surface area (Å²) in [6, 6.07) is 5.59. The number of urea groups is 1. The summed E-state index contributed by atoms with van der Waals surface area (Å²) in [6.07, 6.45) is 0. The van der Waals surface area contributed by atoms with Gasteiger partial charge in [0.05, 0.1) is 5.92 Å². The number of hydrogen-bond donors (Lipinski definition) is 1. The number of rotatable bonds is 1. The molecule has 0 spiro atoms. The van der Waals surface area contributed by atoms with Gasteiger partial charge in [0.2, 0.25) is 5.91 Å². The van der Waals surface area contributed by atoms with Crippen LogP contribution >= 0.6 is 0 Å². The second kappa shape index (κ2) is 4.20. The van der Waals surface area contributed by atoms with Gasteiger partial charge in [0.25, 0.3) is 0 Å². The van der Waals surface area contributed by atoms with Gasteiger partial charge in [0.1, 0.15) is 0 Å². The average molecular weight is 232 g/mol. The van der Waals surface area contributed by atoms with Gasteiger partial charge in [0.15, 0.2) is 0 Å². The molecule has 1 atom stereocenters. The predicted molar refractivity (Wildman–Crippen MR) is 66.0 cm³/mol. The lowest BCUT2D eigenvalue weighted by molar-refractivity contribution is -0.123. The molecule has 0 aromatic heterocycles. The minimum atomic E-state index is -0.333. The largest absolute Gasteiger partial charge is 0.328 e. The molecule has 3 amide bonds. The highest BCUT2D eigenvalue weighted by Crippen LogP contribution is 2.24. The highest BCUT2D eigenvalue weighted by molar-refractivity contribution is 6.06. The standard InChI is InChI=1S/C13H16N2O2/c1-8-4-5-11(9(2)6-8)15-7-10(3)12(16)14-13(15)17/h4-6,10H,7H2,1-3H3,(H,14,16,17). The van der Waals surface area contributed by atoms with Crippen LogP contribution in [0.1, 0.15) is 18.1 Å². The SMILES string of the molecule is Cc1ccc(N2CC(C)C(=O)NC2=O)c(C)c1. The van der Waals surface area contributed by atoms with Crippen LogP contribution in [-0.4, -0.2) is 18.5 Å². The number of aryl methyl sites for hydroxylation is 2. The zero-order valence-electron chi connectivity index (χ0n) is 10.3. The normalized spacial score (nSPS) is 20.4. The highest BCUT2D eigenvalue weighted by Gasteiger charge is 2.30. The van der Waals surface area contributed by atoms with E-state index in [1.165, 1.54) is 0 Å². The molecule has 1 heterocycles. The van der Waals surface area contributed by atoms with Crippen molar-refractivity contribution in [2.24, 2.45) is 5.92 Å². The second-order valence-corrected chi connectivity index (χ2v) is 4.60. The smallest absolute Gasteiger partial charge is 0.293 e. The molecule has 90 valence electrons. The number of nitrogens with one attached hydrogen (secondary N) is 1. The van der Waals surface area contributed by atoms with Crippen molar-refractivity contribution in [1.29, 1.82) is 0 Å². The molecule has 0 aliphatic carbocycles. The fourth-order valence-corrected chi connectivity index (χ4v) is 2.05. The lowest BCUT2D eigenvalue weighted by Crippen LogP contribution is -2.54. The Balaban J connectivity index is 2.33. The zero-order valence-corrected chi connectivity index (χ0v) is 10.3. The molecule has 1 saturated heterocycles. The minimum Gasteiger partial charge on any atom is -0.293 e. The number of imide groups is 1. The molecule has 1 N–H and O–H groups in total. The van der Waals surface area contributed by atoms with Crippen LogP contribution in [0.5, 0.6) is 0 Å². The maximum absolute atomic E-state index is 11.8. The third-order valence-electron chi connectivity index (χ3n) is 3.02. The summed E-state index contributed by atoms with van der Waals surface area (Å²) in [5.74, 6) is -0.371. The molecule has 4 nitrogen and oxygen atoms in total. The van der Waals surface area contributed by atoms with Gasteiger partial charge >= 0.3 is 6.03 Å². The first-order valence-corrected chi connectivity index (χ1v) is 5.68. The molecule has 0 radical (unpaired) electrons. The van der Waals surface area contributed by atoms with Gasteiger partial charge in [-0.25, -0.2) is 4.79 Å². The van der Waals surface area contributed by atoms with E-state index in [9.17, 15) is 9.59 Å². The first kappa shape index (κ1) is 11.6. The van der Waals surface area contributed by atoms with Crippen molar-refractivity contribution in [1.82, 2.24) is 5.32 Å². The van der Waals surface area contributed by atoms with Crippen LogP contribution in [0.4, 0.5) is 10.5 Å². The first-order chi connectivity index (χ1) is 7.99. The van der Waals surface area contributed by atoms with Crippen molar-refractivity contribution in [3.05, 3.63) is 29.3 Å². The van der Waals surface area contributed by atoms with Crippen LogP contribution in [0.15, 0.2) is 18.2 Å². The van der Waals surface area contributed by atoms with E-state index in [0.717, 1.165) is 16.8 Å². The fourth-order valence-electron chi connectivity index (χ4n) is 2.05. The predicted octanol–water partition coefficient (Wildman–Crippen LogP) is 2.00. The zero-order chi connectivity index (χ0) is 12.6. The van der Waals surface area contributed by atoms with Crippen molar-refractivity contribution in [2.75, 3.05) is 11.4 Å². The van der Waals surface area contributed by atoms with E-state index in [2.05, 4.69) is 5.32 Å². The van der Waals surface area contributed by atoms with E-state index in [4.69, 9.17) is 0 Å². The Morgan fingerprint density at radius 2 is 2.00 bits per heavy atom. The Hall–Kier alpha value is -1.84. The quantitative estimate of drug-likeness (QED) is 0.805. The number of hydrogen-bond acceptors (Lipinski definition) is 2. The number of nitrogens with zero attached hydrogens (tertiary/aromatic N) is 1. The molecular formula is C13H16N2O2.